The number of aryl methyl sites for hydroxylation is 1. The minimum absolute atomic E-state index is 0.339. The Morgan fingerprint density at radius 2 is 1.70 bits per heavy atom. The van der Waals surface area contributed by atoms with Crippen molar-refractivity contribution in [2.24, 2.45) is 0 Å². The second-order valence-corrected chi connectivity index (χ2v) is 6.48. The van der Waals surface area contributed by atoms with E-state index in [-0.39, 0.29) is 5.97 Å². The predicted molar refractivity (Wildman–Crippen MR) is 105 cm³/mol. The molecule has 1 aromatic heterocycles. The first-order valence-corrected chi connectivity index (χ1v) is 9.12. The summed E-state index contributed by atoms with van der Waals surface area (Å²) in [7, 11) is 0. The van der Waals surface area contributed by atoms with Crippen molar-refractivity contribution in [1.82, 2.24) is 4.98 Å². The van der Waals surface area contributed by atoms with Crippen LogP contribution in [0.15, 0.2) is 73.1 Å². The van der Waals surface area contributed by atoms with Crippen molar-refractivity contribution < 1.29 is 14.3 Å². The molecule has 5 heteroatoms. The lowest BCUT2D eigenvalue weighted by Crippen LogP contribution is -2.07. The number of pyridine rings is 1. The highest BCUT2D eigenvalue weighted by Crippen LogP contribution is 2.16. The van der Waals surface area contributed by atoms with Crippen molar-refractivity contribution in [3.05, 3.63) is 94.8 Å². The average Bonchev–Trinajstić information content (AvgIpc) is 2.72. The Hall–Kier alpha value is -2.85. The standard InChI is InChI=1S/C22H20ClNO3/c23-20-9-5-18(6-10-20)16-27-21-11-7-17(8-12-21)3-2-14-26-22(25)19-4-1-13-24-15-19/h1,4-13,15H,2-3,14,16H2. The van der Waals surface area contributed by atoms with Crippen LogP contribution in [-0.4, -0.2) is 17.6 Å². The first kappa shape index (κ1) is 18.9. The van der Waals surface area contributed by atoms with Crippen molar-refractivity contribution in [3.63, 3.8) is 0 Å². The molecule has 0 aliphatic carbocycles. The Morgan fingerprint density at radius 3 is 2.41 bits per heavy atom. The van der Waals surface area contributed by atoms with Crippen LogP contribution < -0.4 is 4.74 Å². The lowest BCUT2D eigenvalue weighted by Gasteiger charge is -2.08. The zero-order chi connectivity index (χ0) is 18.9. The van der Waals surface area contributed by atoms with Gasteiger partial charge in [-0.15, -0.1) is 0 Å². The van der Waals surface area contributed by atoms with E-state index in [1.165, 1.54) is 11.8 Å². The maximum atomic E-state index is 11.8. The topological polar surface area (TPSA) is 48.4 Å². The van der Waals surface area contributed by atoms with E-state index in [2.05, 4.69) is 4.98 Å². The molecule has 138 valence electrons. The van der Waals surface area contributed by atoms with Gasteiger partial charge in [0, 0.05) is 17.4 Å². The summed E-state index contributed by atoms with van der Waals surface area (Å²) in [6.07, 6.45) is 4.72. The van der Waals surface area contributed by atoms with Crippen molar-refractivity contribution in [2.75, 3.05) is 6.61 Å². The Balaban J connectivity index is 1.38. The minimum atomic E-state index is -0.339. The van der Waals surface area contributed by atoms with Gasteiger partial charge in [0.15, 0.2) is 0 Å². The second-order valence-electron chi connectivity index (χ2n) is 6.04. The van der Waals surface area contributed by atoms with Gasteiger partial charge in [0.05, 0.1) is 12.2 Å². The number of carbonyl (C=O) groups is 1. The number of carbonyl (C=O) groups excluding carboxylic acids is 1. The summed E-state index contributed by atoms with van der Waals surface area (Å²) in [4.78, 5) is 15.7. The van der Waals surface area contributed by atoms with E-state index < -0.39 is 0 Å². The highest BCUT2D eigenvalue weighted by Gasteiger charge is 2.06. The monoisotopic (exact) mass is 381 g/mol. The largest absolute Gasteiger partial charge is 0.489 e. The Bertz CT molecular complexity index is 849. The maximum absolute atomic E-state index is 11.8. The molecule has 0 N–H and O–H groups in total. The van der Waals surface area contributed by atoms with Gasteiger partial charge < -0.3 is 9.47 Å². The number of halogens is 1. The van der Waals surface area contributed by atoms with Crippen LogP contribution in [0.1, 0.15) is 27.9 Å². The molecule has 0 bridgehead atoms. The molecule has 0 spiro atoms. The molecule has 0 fully saturated rings. The van der Waals surface area contributed by atoms with Crippen molar-refractivity contribution in [2.45, 2.75) is 19.4 Å². The van der Waals surface area contributed by atoms with Gasteiger partial charge in [-0.25, -0.2) is 4.79 Å². The van der Waals surface area contributed by atoms with Crippen LogP contribution in [0.4, 0.5) is 0 Å². The number of ether oxygens (including phenoxy) is 2. The zero-order valence-corrected chi connectivity index (χ0v) is 15.6. The van der Waals surface area contributed by atoms with Crippen LogP contribution in [0.2, 0.25) is 5.02 Å². The van der Waals surface area contributed by atoms with E-state index in [0.717, 1.165) is 24.2 Å². The molecule has 4 nitrogen and oxygen atoms in total. The highest BCUT2D eigenvalue weighted by atomic mass is 35.5. The molecule has 3 rings (SSSR count). The first-order valence-electron chi connectivity index (χ1n) is 8.74. The fourth-order valence-corrected chi connectivity index (χ4v) is 2.63. The van der Waals surface area contributed by atoms with Gasteiger partial charge in [0.1, 0.15) is 12.4 Å². The van der Waals surface area contributed by atoms with Gasteiger partial charge in [-0.3, -0.25) is 4.98 Å². The summed E-state index contributed by atoms with van der Waals surface area (Å²) in [6, 6.07) is 19.0. The minimum Gasteiger partial charge on any atom is -0.489 e. The smallest absolute Gasteiger partial charge is 0.339 e. The first-order chi connectivity index (χ1) is 13.2. The molecule has 0 aliphatic rings. The van der Waals surface area contributed by atoms with Crippen LogP contribution in [-0.2, 0) is 17.8 Å². The van der Waals surface area contributed by atoms with E-state index in [4.69, 9.17) is 21.1 Å². The van der Waals surface area contributed by atoms with Crippen LogP contribution in [0.5, 0.6) is 5.75 Å². The third-order valence-electron chi connectivity index (χ3n) is 3.98. The number of esters is 1. The van der Waals surface area contributed by atoms with Gasteiger partial charge in [0.25, 0.3) is 0 Å². The molecule has 0 saturated carbocycles. The molecule has 3 aromatic rings. The summed E-state index contributed by atoms with van der Waals surface area (Å²) < 4.78 is 11.0. The summed E-state index contributed by atoms with van der Waals surface area (Å²) in [5.41, 5.74) is 2.71. The van der Waals surface area contributed by atoms with Gasteiger partial charge >= 0.3 is 5.97 Å². The highest BCUT2D eigenvalue weighted by molar-refractivity contribution is 6.30. The van der Waals surface area contributed by atoms with E-state index in [0.29, 0.717) is 23.8 Å². The zero-order valence-electron chi connectivity index (χ0n) is 14.8. The van der Waals surface area contributed by atoms with Crippen LogP contribution in [0.25, 0.3) is 0 Å². The van der Waals surface area contributed by atoms with E-state index in [1.807, 2.05) is 48.5 Å². The molecular formula is C22H20ClNO3. The number of benzene rings is 2. The quantitative estimate of drug-likeness (QED) is 0.402. The summed E-state index contributed by atoms with van der Waals surface area (Å²) in [5, 5.41) is 0.717. The Morgan fingerprint density at radius 1 is 0.963 bits per heavy atom. The molecule has 0 saturated heterocycles. The molecule has 2 aromatic carbocycles. The predicted octanol–water partition coefficient (Wildman–Crippen LogP) is 5.10. The number of hydrogen-bond donors (Lipinski definition) is 0. The molecule has 0 unspecified atom stereocenters. The Labute approximate surface area is 163 Å². The van der Waals surface area contributed by atoms with Gasteiger partial charge in [-0.2, -0.15) is 0 Å². The van der Waals surface area contributed by atoms with Crippen LogP contribution in [0, 0.1) is 0 Å². The van der Waals surface area contributed by atoms with E-state index in [1.54, 1.807) is 18.3 Å². The van der Waals surface area contributed by atoms with Crippen molar-refractivity contribution >= 4 is 17.6 Å². The molecule has 0 amide bonds. The summed E-state index contributed by atoms with van der Waals surface area (Å²) in [6.45, 7) is 0.878. The third kappa shape index (κ3) is 6.12. The number of hydrogen-bond acceptors (Lipinski definition) is 4. The lowest BCUT2D eigenvalue weighted by atomic mass is 10.1. The molecule has 1 heterocycles. The van der Waals surface area contributed by atoms with Gasteiger partial charge in [0.2, 0.25) is 0 Å². The van der Waals surface area contributed by atoms with Gasteiger partial charge in [-0.05, 0) is 60.4 Å². The summed E-state index contributed by atoms with van der Waals surface area (Å²) in [5.74, 6) is 0.478. The lowest BCUT2D eigenvalue weighted by molar-refractivity contribution is 0.0500. The molecule has 0 aliphatic heterocycles. The Kier molecular flexibility index (Phi) is 6.83. The number of rotatable bonds is 8. The SMILES string of the molecule is O=C(OCCCc1ccc(OCc2ccc(Cl)cc2)cc1)c1cccnc1. The summed E-state index contributed by atoms with van der Waals surface area (Å²) >= 11 is 5.88. The van der Waals surface area contributed by atoms with Gasteiger partial charge in [-0.1, -0.05) is 35.9 Å². The van der Waals surface area contributed by atoms with Crippen LogP contribution in [0.3, 0.4) is 0 Å². The fraction of sp³-hybridized carbons (Fsp3) is 0.182. The van der Waals surface area contributed by atoms with E-state index in [9.17, 15) is 4.79 Å². The normalized spacial score (nSPS) is 10.4. The molecule has 0 atom stereocenters. The molecule has 0 radical (unpaired) electrons. The van der Waals surface area contributed by atoms with Crippen molar-refractivity contribution in [3.8, 4) is 5.75 Å². The molecular weight excluding hydrogens is 362 g/mol. The number of aromatic nitrogens is 1. The second kappa shape index (κ2) is 9.74. The fourth-order valence-electron chi connectivity index (χ4n) is 2.51. The average molecular weight is 382 g/mol. The third-order valence-corrected chi connectivity index (χ3v) is 4.23. The van der Waals surface area contributed by atoms with E-state index >= 15 is 0 Å². The van der Waals surface area contributed by atoms with Crippen molar-refractivity contribution in [1.29, 1.82) is 0 Å². The maximum Gasteiger partial charge on any atom is 0.339 e. The molecule has 27 heavy (non-hydrogen) atoms. The van der Waals surface area contributed by atoms with Crippen LogP contribution >= 0.6 is 11.6 Å². The number of nitrogens with zero attached hydrogens (tertiary/aromatic N) is 1.